The van der Waals surface area contributed by atoms with Crippen LogP contribution in [-0.4, -0.2) is 8.76 Å². The summed E-state index contributed by atoms with van der Waals surface area (Å²) in [6, 6.07) is 16.7. The Morgan fingerprint density at radius 1 is 0.944 bits per heavy atom. The summed E-state index contributed by atoms with van der Waals surface area (Å²) in [6.07, 6.45) is 3.72. The van der Waals surface area contributed by atoms with Crippen LogP contribution in [0.2, 0.25) is 0 Å². The van der Waals surface area contributed by atoms with E-state index in [9.17, 15) is 8.76 Å². The molecule has 0 aliphatic carbocycles. The Labute approximate surface area is 108 Å². The SMILES string of the molecule is O=S([O-])Oc1ccccc1C=Cc1ccccc1. The summed E-state index contributed by atoms with van der Waals surface area (Å²) >= 11 is -2.56. The number of rotatable bonds is 4. The summed E-state index contributed by atoms with van der Waals surface area (Å²) in [4.78, 5) is 0. The highest BCUT2D eigenvalue weighted by Gasteiger charge is 1.99. The fourth-order valence-corrected chi connectivity index (χ4v) is 1.82. The van der Waals surface area contributed by atoms with Crippen LogP contribution >= 0.6 is 0 Å². The molecule has 2 rings (SSSR count). The van der Waals surface area contributed by atoms with Crippen LogP contribution in [0.25, 0.3) is 12.2 Å². The molecule has 0 fully saturated rings. The van der Waals surface area contributed by atoms with Crippen LogP contribution in [0.4, 0.5) is 0 Å². The number of benzene rings is 2. The molecule has 0 N–H and O–H groups in total. The van der Waals surface area contributed by atoms with Crippen molar-refractivity contribution in [3.05, 3.63) is 65.7 Å². The summed E-state index contributed by atoms with van der Waals surface area (Å²) in [5.41, 5.74) is 1.75. The zero-order valence-corrected chi connectivity index (χ0v) is 10.3. The summed E-state index contributed by atoms with van der Waals surface area (Å²) in [5, 5.41) is 0. The van der Waals surface area contributed by atoms with Crippen molar-refractivity contribution in [1.29, 1.82) is 0 Å². The van der Waals surface area contributed by atoms with Gasteiger partial charge in [0.2, 0.25) is 0 Å². The van der Waals surface area contributed by atoms with E-state index < -0.39 is 11.4 Å². The molecule has 0 aromatic heterocycles. The number of para-hydroxylation sites is 1. The minimum absolute atomic E-state index is 0.318. The van der Waals surface area contributed by atoms with Crippen molar-refractivity contribution in [1.82, 2.24) is 0 Å². The smallest absolute Gasteiger partial charge is 0.146 e. The van der Waals surface area contributed by atoms with E-state index in [2.05, 4.69) is 0 Å². The Morgan fingerprint density at radius 3 is 2.33 bits per heavy atom. The molecule has 0 spiro atoms. The van der Waals surface area contributed by atoms with Gasteiger partial charge in [-0.1, -0.05) is 60.7 Å². The fraction of sp³-hybridized carbons (Fsp3) is 0. The van der Waals surface area contributed by atoms with Crippen molar-refractivity contribution in [2.24, 2.45) is 0 Å². The van der Waals surface area contributed by atoms with E-state index >= 15 is 0 Å². The highest BCUT2D eigenvalue weighted by atomic mass is 32.2. The Hall–Kier alpha value is -1.91. The summed E-state index contributed by atoms with van der Waals surface area (Å²) in [6.45, 7) is 0. The molecule has 1 atom stereocenters. The molecular weight excluding hydrogens is 248 g/mol. The Balaban J connectivity index is 2.23. The summed E-state index contributed by atoms with van der Waals surface area (Å²) < 4.78 is 25.8. The van der Waals surface area contributed by atoms with E-state index in [0.29, 0.717) is 11.3 Å². The Bertz CT molecular complexity index is 564. The first-order valence-electron chi connectivity index (χ1n) is 5.35. The number of hydrogen-bond donors (Lipinski definition) is 0. The third kappa shape index (κ3) is 3.55. The molecule has 4 heteroatoms. The van der Waals surface area contributed by atoms with Crippen LogP contribution < -0.4 is 4.18 Å². The molecule has 0 aliphatic rings. The van der Waals surface area contributed by atoms with Gasteiger partial charge in [-0.3, -0.25) is 0 Å². The van der Waals surface area contributed by atoms with Crippen molar-refractivity contribution >= 4 is 23.5 Å². The monoisotopic (exact) mass is 259 g/mol. The second-order valence-corrected chi connectivity index (χ2v) is 4.14. The maximum Gasteiger partial charge on any atom is 0.146 e. The zero-order chi connectivity index (χ0) is 12.8. The lowest BCUT2D eigenvalue weighted by Crippen LogP contribution is -1.99. The average molecular weight is 259 g/mol. The van der Waals surface area contributed by atoms with Gasteiger partial charge in [-0.15, -0.1) is 0 Å². The minimum atomic E-state index is -2.56. The van der Waals surface area contributed by atoms with E-state index in [0.717, 1.165) is 5.56 Å². The van der Waals surface area contributed by atoms with Crippen molar-refractivity contribution in [3.63, 3.8) is 0 Å². The van der Waals surface area contributed by atoms with Crippen molar-refractivity contribution in [2.75, 3.05) is 0 Å². The predicted molar refractivity (Wildman–Crippen MR) is 71.4 cm³/mol. The topological polar surface area (TPSA) is 49.4 Å². The van der Waals surface area contributed by atoms with Gasteiger partial charge in [0.1, 0.15) is 17.1 Å². The van der Waals surface area contributed by atoms with Crippen LogP contribution in [0.1, 0.15) is 11.1 Å². The standard InChI is InChI=1S/C14H12O3S/c15-18(16)17-14-9-5-4-8-13(14)11-10-12-6-2-1-3-7-12/h1-11H,(H,15,16)/p-1. The zero-order valence-electron chi connectivity index (χ0n) is 9.48. The molecule has 1 unspecified atom stereocenters. The van der Waals surface area contributed by atoms with Crippen molar-refractivity contribution < 1.29 is 12.9 Å². The molecule has 0 radical (unpaired) electrons. The maximum absolute atomic E-state index is 10.5. The first-order valence-corrected chi connectivity index (χ1v) is 6.35. The quantitative estimate of drug-likeness (QED) is 0.626. The van der Waals surface area contributed by atoms with Crippen molar-refractivity contribution in [3.8, 4) is 5.75 Å². The van der Waals surface area contributed by atoms with Crippen LogP contribution in [0, 0.1) is 0 Å². The van der Waals surface area contributed by atoms with Gasteiger partial charge in [-0.25, -0.2) is 4.21 Å². The van der Waals surface area contributed by atoms with E-state index in [4.69, 9.17) is 4.18 Å². The lowest BCUT2D eigenvalue weighted by atomic mass is 10.1. The van der Waals surface area contributed by atoms with E-state index in [1.807, 2.05) is 48.6 Å². The molecule has 92 valence electrons. The average Bonchev–Trinajstić information content (AvgIpc) is 2.38. The van der Waals surface area contributed by atoms with E-state index in [-0.39, 0.29) is 0 Å². The van der Waals surface area contributed by atoms with Crippen LogP contribution in [0.3, 0.4) is 0 Å². The van der Waals surface area contributed by atoms with Gasteiger partial charge in [0, 0.05) is 5.56 Å². The van der Waals surface area contributed by atoms with Gasteiger partial charge in [0.05, 0.1) is 0 Å². The third-order valence-electron chi connectivity index (χ3n) is 2.33. The summed E-state index contributed by atoms with van der Waals surface area (Å²) in [7, 11) is 0. The molecular formula is C14H11O3S-. The predicted octanol–water partition coefficient (Wildman–Crippen LogP) is 3.03. The lowest BCUT2D eigenvalue weighted by Gasteiger charge is -2.09. The van der Waals surface area contributed by atoms with Crippen LogP contribution in [0.5, 0.6) is 5.75 Å². The second kappa shape index (κ2) is 6.14. The highest BCUT2D eigenvalue weighted by molar-refractivity contribution is 7.74. The van der Waals surface area contributed by atoms with Gasteiger partial charge in [0.25, 0.3) is 0 Å². The molecule has 0 bridgehead atoms. The van der Waals surface area contributed by atoms with Crippen molar-refractivity contribution in [2.45, 2.75) is 0 Å². The number of hydrogen-bond acceptors (Lipinski definition) is 3. The molecule has 18 heavy (non-hydrogen) atoms. The second-order valence-electron chi connectivity index (χ2n) is 3.57. The molecule has 3 nitrogen and oxygen atoms in total. The lowest BCUT2D eigenvalue weighted by molar-refractivity contribution is 0.440. The van der Waals surface area contributed by atoms with Gasteiger partial charge in [-0.05, 0) is 11.6 Å². The molecule has 0 saturated heterocycles. The Morgan fingerprint density at radius 2 is 1.61 bits per heavy atom. The van der Waals surface area contributed by atoms with Gasteiger partial charge in [-0.2, -0.15) is 0 Å². The molecule has 0 amide bonds. The van der Waals surface area contributed by atoms with Gasteiger partial charge in [0.15, 0.2) is 0 Å². The van der Waals surface area contributed by atoms with Gasteiger partial charge >= 0.3 is 0 Å². The molecule has 2 aromatic rings. The normalized spacial score (nSPS) is 12.5. The molecule has 0 aliphatic heterocycles. The highest BCUT2D eigenvalue weighted by Crippen LogP contribution is 2.21. The van der Waals surface area contributed by atoms with Gasteiger partial charge < -0.3 is 8.74 Å². The van der Waals surface area contributed by atoms with Crippen LogP contribution in [0.15, 0.2) is 54.6 Å². The molecule has 2 aromatic carbocycles. The molecule has 0 saturated carbocycles. The largest absolute Gasteiger partial charge is 0.740 e. The van der Waals surface area contributed by atoms with Crippen LogP contribution in [-0.2, 0) is 11.4 Å². The molecule has 0 heterocycles. The van der Waals surface area contributed by atoms with E-state index in [1.165, 1.54) is 0 Å². The maximum atomic E-state index is 10.5. The Kier molecular flexibility index (Phi) is 4.28. The first-order chi connectivity index (χ1) is 8.75. The third-order valence-corrected chi connectivity index (χ3v) is 2.65. The fourth-order valence-electron chi connectivity index (χ4n) is 1.52. The first kappa shape index (κ1) is 12.5. The summed E-state index contributed by atoms with van der Waals surface area (Å²) in [5.74, 6) is 0.318. The van der Waals surface area contributed by atoms with E-state index in [1.54, 1.807) is 18.2 Å². The minimum Gasteiger partial charge on any atom is -0.740 e.